The lowest BCUT2D eigenvalue weighted by Crippen LogP contribution is -2.51. The van der Waals surface area contributed by atoms with Crippen molar-refractivity contribution in [1.29, 1.82) is 0 Å². The van der Waals surface area contributed by atoms with Crippen LogP contribution >= 0.6 is 0 Å². The van der Waals surface area contributed by atoms with E-state index in [0.29, 0.717) is 37.4 Å². The molecule has 0 unspecified atom stereocenters. The Hall–Kier alpha value is -3.02. The molecule has 6 nitrogen and oxygen atoms in total. The third-order valence-electron chi connectivity index (χ3n) is 5.60. The average molecular weight is 393 g/mol. The van der Waals surface area contributed by atoms with Crippen LogP contribution in [0.5, 0.6) is 5.75 Å². The van der Waals surface area contributed by atoms with E-state index in [4.69, 9.17) is 4.74 Å². The minimum absolute atomic E-state index is 0.0148. The highest BCUT2D eigenvalue weighted by atomic mass is 16.5. The van der Waals surface area contributed by atoms with E-state index >= 15 is 0 Å². The summed E-state index contributed by atoms with van der Waals surface area (Å²) in [5.41, 5.74) is 1.38. The van der Waals surface area contributed by atoms with Gasteiger partial charge in [-0.2, -0.15) is 0 Å². The molecule has 1 saturated heterocycles. The Morgan fingerprint density at radius 1 is 0.828 bits per heavy atom. The van der Waals surface area contributed by atoms with Gasteiger partial charge >= 0.3 is 6.03 Å². The molecule has 1 aliphatic carbocycles. The number of carbonyl (C=O) groups excluding carboxylic acids is 2. The van der Waals surface area contributed by atoms with Crippen LogP contribution in [-0.2, 0) is 0 Å². The smallest absolute Gasteiger partial charge is 0.322 e. The highest BCUT2D eigenvalue weighted by Gasteiger charge is 2.25. The number of hydrogen-bond donors (Lipinski definition) is 1. The minimum Gasteiger partial charge on any atom is -0.488 e. The maximum atomic E-state index is 12.8. The highest BCUT2D eigenvalue weighted by molar-refractivity contribution is 5.95. The van der Waals surface area contributed by atoms with Gasteiger partial charge in [-0.25, -0.2) is 4.79 Å². The molecular weight excluding hydrogens is 366 g/mol. The molecule has 1 saturated carbocycles. The molecule has 3 amide bonds. The fraction of sp³-hybridized carbons (Fsp3) is 0.391. The van der Waals surface area contributed by atoms with Crippen molar-refractivity contribution in [2.75, 3.05) is 31.5 Å². The first-order valence-corrected chi connectivity index (χ1v) is 10.4. The summed E-state index contributed by atoms with van der Waals surface area (Å²) in [7, 11) is 0. The number of hydrogen-bond acceptors (Lipinski definition) is 3. The summed E-state index contributed by atoms with van der Waals surface area (Å²) in [6.45, 7) is 2.08. The first kappa shape index (κ1) is 19.3. The van der Waals surface area contributed by atoms with Crippen LogP contribution in [-0.4, -0.2) is 54.0 Å². The van der Waals surface area contributed by atoms with Crippen molar-refractivity contribution in [3.8, 4) is 5.75 Å². The van der Waals surface area contributed by atoms with E-state index in [1.54, 1.807) is 9.80 Å². The van der Waals surface area contributed by atoms with Gasteiger partial charge in [0.1, 0.15) is 5.75 Å². The molecule has 0 spiro atoms. The van der Waals surface area contributed by atoms with E-state index in [-0.39, 0.29) is 18.0 Å². The molecule has 0 aromatic heterocycles. The van der Waals surface area contributed by atoms with Crippen LogP contribution < -0.4 is 10.1 Å². The van der Waals surface area contributed by atoms with Crippen LogP contribution in [0.1, 0.15) is 36.0 Å². The van der Waals surface area contributed by atoms with E-state index in [0.717, 1.165) is 18.6 Å². The van der Waals surface area contributed by atoms with E-state index < -0.39 is 0 Å². The molecule has 1 N–H and O–H groups in total. The summed E-state index contributed by atoms with van der Waals surface area (Å²) in [6, 6.07) is 16.7. The number of nitrogens with one attached hydrogen (secondary N) is 1. The minimum atomic E-state index is -0.153. The monoisotopic (exact) mass is 393 g/mol. The number of para-hydroxylation sites is 2. The van der Waals surface area contributed by atoms with Crippen molar-refractivity contribution in [3.05, 3.63) is 60.2 Å². The lowest BCUT2D eigenvalue weighted by Gasteiger charge is -2.34. The van der Waals surface area contributed by atoms with Gasteiger partial charge in [0.25, 0.3) is 5.91 Å². The number of rotatable bonds is 4. The largest absolute Gasteiger partial charge is 0.488 e. The molecule has 2 aromatic carbocycles. The van der Waals surface area contributed by atoms with Crippen LogP contribution in [0.2, 0.25) is 0 Å². The normalized spacial score (nSPS) is 17.2. The summed E-state index contributed by atoms with van der Waals surface area (Å²) in [4.78, 5) is 28.9. The SMILES string of the molecule is O=C(Nc1ccccc1OC1CCCC1)N1CCN(C(=O)c2ccccc2)CC1. The van der Waals surface area contributed by atoms with Crippen molar-refractivity contribution < 1.29 is 14.3 Å². The lowest BCUT2D eigenvalue weighted by molar-refractivity contribution is 0.0671. The molecular formula is C23H27N3O3. The van der Waals surface area contributed by atoms with E-state index in [2.05, 4.69) is 5.32 Å². The molecule has 29 heavy (non-hydrogen) atoms. The summed E-state index contributed by atoms with van der Waals surface area (Å²) in [5, 5.41) is 2.99. The lowest BCUT2D eigenvalue weighted by atomic mass is 10.2. The third kappa shape index (κ3) is 4.70. The molecule has 6 heteroatoms. The summed E-state index contributed by atoms with van der Waals surface area (Å²) in [6.07, 6.45) is 4.77. The maximum absolute atomic E-state index is 12.8. The third-order valence-corrected chi connectivity index (χ3v) is 5.60. The second kappa shape index (κ2) is 8.99. The Morgan fingerprint density at radius 2 is 1.45 bits per heavy atom. The number of carbonyl (C=O) groups is 2. The Bertz CT molecular complexity index is 841. The number of urea groups is 1. The first-order chi connectivity index (χ1) is 14.2. The molecule has 4 rings (SSSR count). The first-order valence-electron chi connectivity index (χ1n) is 10.4. The molecule has 2 aromatic rings. The second-order valence-electron chi connectivity index (χ2n) is 7.60. The molecule has 0 atom stereocenters. The van der Waals surface area contributed by atoms with Crippen LogP contribution in [0.25, 0.3) is 0 Å². The molecule has 2 aliphatic rings. The number of nitrogens with zero attached hydrogens (tertiary/aromatic N) is 2. The number of anilines is 1. The van der Waals surface area contributed by atoms with Crippen molar-refractivity contribution in [2.24, 2.45) is 0 Å². The van der Waals surface area contributed by atoms with Crippen LogP contribution in [0, 0.1) is 0 Å². The van der Waals surface area contributed by atoms with Crippen molar-refractivity contribution >= 4 is 17.6 Å². The topological polar surface area (TPSA) is 61.9 Å². The second-order valence-corrected chi connectivity index (χ2v) is 7.60. The fourth-order valence-corrected chi connectivity index (χ4v) is 3.93. The number of piperazine rings is 1. The number of amides is 3. The van der Waals surface area contributed by atoms with Gasteiger partial charge in [-0.3, -0.25) is 4.79 Å². The van der Waals surface area contributed by atoms with Gasteiger partial charge in [0, 0.05) is 31.7 Å². The van der Waals surface area contributed by atoms with Crippen LogP contribution in [0.15, 0.2) is 54.6 Å². The zero-order chi connectivity index (χ0) is 20.1. The Labute approximate surface area is 171 Å². The summed E-state index contributed by atoms with van der Waals surface area (Å²) in [5.74, 6) is 0.742. The van der Waals surface area contributed by atoms with Crippen LogP contribution in [0.3, 0.4) is 0 Å². The predicted molar refractivity (Wildman–Crippen MR) is 112 cm³/mol. The Morgan fingerprint density at radius 3 is 2.17 bits per heavy atom. The van der Waals surface area contributed by atoms with E-state index in [1.165, 1.54) is 12.8 Å². The number of ether oxygens (including phenoxy) is 1. The van der Waals surface area contributed by atoms with Gasteiger partial charge in [-0.15, -0.1) is 0 Å². The van der Waals surface area contributed by atoms with Crippen molar-refractivity contribution in [1.82, 2.24) is 9.80 Å². The van der Waals surface area contributed by atoms with Gasteiger partial charge in [-0.05, 0) is 49.9 Å². The van der Waals surface area contributed by atoms with Crippen LogP contribution in [0.4, 0.5) is 10.5 Å². The zero-order valence-corrected chi connectivity index (χ0v) is 16.5. The zero-order valence-electron chi connectivity index (χ0n) is 16.5. The van der Waals surface area contributed by atoms with Gasteiger partial charge < -0.3 is 19.9 Å². The maximum Gasteiger partial charge on any atom is 0.322 e. The van der Waals surface area contributed by atoms with Gasteiger partial charge in [0.2, 0.25) is 0 Å². The van der Waals surface area contributed by atoms with E-state index in [9.17, 15) is 9.59 Å². The fourth-order valence-electron chi connectivity index (χ4n) is 3.93. The molecule has 0 bridgehead atoms. The molecule has 1 heterocycles. The van der Waals surface area contributed by atoms with Crippen molar-refractivity contribution in [3.63, 3.8) is 0 Å². The van der Waals surface area contributed by atoms with Crippen molar-refractivity contribution in [2.45, 2.75) is 31.8 Å². The molecule has 0 radical (unpaired) electrons. The highest BCUT2D eigenvalue weighted by Crippen LogP contribution is 2.30. The quantitative estimate of drug-likeness (QED) is 0.854. The molecule has 152 valence electrons. The van der Waals surface area contributed by atoms with Gasteiger partial charge in [-0.1, -0.05) is 30.3 Å². The summed E-state index contributed by atoms with van der Waals surface area (Å²) >= 11 is 0. The average Bonchev–Trinajstić information content (AvgIpc) is 3.28. The Balaban J connectivity index is 1.33. The standard InChI is InChI=1S/C23H27N3O3/c27-22(18-8-2-1-3-9-18)25-14-16-26(17-15-25)23(28)24-20-12-6-7-13-21(20)29-19-10-4-5-11-19/h1-3,6-9,12-13,19H,4-5,10-11,14-17H2,(H,24,28). The molecule has 2 fully saturated rings. The number of benzene rings is 2. The Kier molecular flexibility index (Phi) is 5.98. The van der Waals surface area contributed by atoms with Gasteiger partial charge in [0.15, 0.2) is 0 Å². The summed E-state index contributed by atoms with van der Waals surface area (Å²) < 4.78 is 6.11. The predicted octanol–water partition coefficient (Wildman–Crippen LogP) is 4.00. The van der Waals surface area contributed by atoms with Gasteiger partial charge in [0.05, 0.1) is 11.8 Å². The molecule has 1 aliphatic heterocycles. The van der Waals surface area contributed by atoms with E-state index in [1.807, 2.05) is 54.6 Å².